The highest BCUT2D eigenvalue weighted by Gasteiger charge is 2.50. The highest BCUT2D eigenvalue weighted by Crippen LogP contribution is 2.37. The Hall–Kier alpha value is -4.25. The predicted molar refractivity (Wildman–Crippen MR) is 140 cm³/mol. The SMILES string of the molecule is Nc1ccc(C(=O)N2C[C@@H]3C[C@H]2CN3C2CN(c3ccc4c(c3)C(=O)N(C3CCC(=O)NC3=O)C4=O)C2)cc1. The average molecular weight is 529 g/mol. The molecule has 11 heteroatoms. The molecule has 1 unspecified atom stereocenters. The Labute approximate surface area is 224 Å². The van der Waals surface area contributed by atoms with E-state index in [4.69, 9.17) is 5.73 Å². The third-order valence-corrected chi connectivity index (χ3v) is 8.82. The van der Waals surface area contributed by atoms with Gasteiger partial charge in [-0.05, 0) is 55.3 Å². The maximum absolute atomic E-state index is 13.2. The molecule has 3 N–H and O–H groups in total. The van der Waals surface area contributed by atoms with Gasteiger partial charge in [-0.15, -0.1) is 0 Å². The summed E-state index contributed by atoms with van der Waals surface area (Å²) < 4.78 is 0. The molecule has 2 bridgehead atoms. The number of rotatable bonds is 4. The molecule has 2 aromatic rings. The molecule has 5 heterocycles. The topological polar surface area (TPSA) is 136 Å². The predicted octanol–water partition coefficient (Wildman–Crippen LogP) is 0.458. The summed E-state index contributed by atoms with van der Waals surface area (Å²) in [6.07, 6.45) is 1.20. The van der Waals surface area contributed by atoms with Gasteiger partial charge in [0.05, 0.1) is 11.1 Å². The molecule has 4 fully saturated rings. The van der Waals surface area contributed by atoms with Gasteiger partial charge in [-0.2, -0.15) is 0 Å². The fourth-order valence-electron chi connectivity index (χ4n) is 6.72. The van der Waals surface area contributed by atoms with E-state index in [0.717, 1.165) is 43.2 Å². The Morgan fingerprint density at radius 2 is 1.59 bits per heavy atom. The first-order valence-electron chi connectivity index (χ1n) is 13.3. The van der Waals surface area contributed by atoms with E-state index in [9.17, 15) is 24.0 Å². The number of anilines is 2. The quantitative estimate of drug-likeness (QED) is 0.432. The number of piperidine rings is 1. The first kappa shape index (κ1) is 23.8. The number of imide groups is 2. The molecule has 0 aromatic heterocycles. The van der Waals surface area contributed by atoms with E-state index in [-0.39, 0.29) is 30.4 Å². The van der Waals surface area contributed by atoms with Crippen LogP contribution in [-0.2, 0) is 9.59 Å². The molecule has 3 atom stereocenters. The number of nitrogens with zero attached hydrogens (tertiary/aromatic N) is 4. The summed E-state index contributed by atoms with van der Waals surface area (Å²) >= 11 is 0. The number of carbonyl (C=O) groups is 5. The second-order valence-corrected chi connectivity index (χ2v) is 11.1. The summed E-state index contributed by atoms with van der Waals surface area (Å²) in [7, 11) is 0. The molecular weight excluding hydrogens is 500 g/mol. The lowest BCUT2D eigenvalue weighted by atomic mass is 10.0. The van der Waals surface area contributed by atoms with Gasteiger partial charge in [0, 0.05) is 67.7 Å². The van der Waals surface area contributed by atoms with Gasteiger partial charge in [0.1, 0.15) is 6.04 Å². The summed E-state index contributed by atoms with van der Waals surface area (Å²) in [5, 5.41) is 2.22. The molecule has 0 radical (unpaired) electrons. The zero-order valence-electron chi connectivity index (χ0n) is 21.2. The Balaban J connectivity index is 0.988. The van der Waals surface area contributed by atoms with E-state index in [0.29, 0.717) is 28.9 Å². The fourth-order valence-corrected chi connectivity index (χ4v) is 6.72. The van der Waals surface area contributed by atoms with Crippen molar-refractivity contribution in [2.45, 2.75) is 43.4 Å². The molecule has 7 rings (SSSR count). The van der Waals surface area contributed by atoms with Crippen LogP contribution in [-0.4, -0.2) is 94.6 Å². The maximum atomic E-state index is 13.2. The average Bonchev–Trinajstić information content (AvgIpc) is 3.56. The lowest BCUT2D eigenvalue weighted by Crippen LogP contribution is -2.63. The summed E-state index contributed by atoms with van der Waals surface area (Å²) in [6.45, 7) is 3.16. The molecule has 0 saturated carbocycles. The van der Waals surface area contributed by atoms with Crippen molar-refractivity contribution >= 4 is 40.9 Å². The molecule has 5 amide bonds. The summed E-state index contributed by atoms with van der Waals surface area (Å²) in [4.78, 5) is 70.6. The van der Waals surface area contributed by atoms with E-state index in [1.807, 2.05) is 11.0 Å². The van der Waals surface area contributed by atoms with Gasteiger partial charge in [-0.25, -0.2) is 0 Å². The molecule has 200 valence electrons. The number of hydrogen-bond acceptors (Lipinski definition) is 8. The number of amides is 5. The Bertz CT molecular complexity index is 1430. The van der Waals surface area contributed by atoms with Crippen LogP contribution in [0.3, 0.4) is 0 Å². The number of carbonyl (C=O) groups excluding carboxylic acids is 5. The molecule has 4 saturated heterocycles. The van der Waals surface area contributed by atoms with Crippen molar-refractivity contribution in [1.29, 1.82) is 0 Å². The van der Waals surface area contributed by atoms with E-state index in [1.165, 1.54) is 0 Å². The normalized spacial score (nSPS) is 26.8. The molecule has 39 heavy (non-hydrogen) atoms. The number of nitrogen functional groups attached to an aromatic ring is 1. The standard InChI is InChI=1S/C28H28N6O5/c29-16-3-1-15(2-4-16)26(37)33-14-18-9-19(33)13-32(18)20-11-31(12-20)17-5-6-21-22(10-17)28(39)34(27(21)38)23-7-8-24(35)30-25(23)36/h1-6,10,18-20,23H,7-9,11-14,29H2,(H,30,35,36)/t18-,19-,23?/m0/s1. The van der Waals surface area contributed by atoms with Gasteiger partial charge >= 0.3 is 0 Å². The lowest BCUT2D eigenvalue weighted by molar-refractivity contribution is -0.136. The minimum absolute atomic E-state index is 0.0566. The van der Waals surface area contributed by atoms with E-state index in [2.05, 4.69) is 15.1 Å². The zero-order valence-corrected chi connectivity index (χ0v) is 21.2. The van der Waals surface area contributed by atoms with Crippen molar-refractivity contribution in [2.24, 2.45) is 0 Å². The summed E-state index contributed by atoms with van der Waals surface area (Å²) in [5.74, 6) is -1.94. The molecule has 5 aliphatic heterocycles. The summed E-state index contributed by atoms with van der Waals surface area (Å²) in [5.41, 5.74) is 8.51. The van der Waals surface area contributed by atoms with Crippen LogP contribution in [0, 0.1) is 0 Å². The second kappa shape index (κ2) is 8.63. The van der Waals surface area contributed by atoms with Gasteiger partial charge in [-0.1, -0.05) is 0 Å². The van der Waals surface area contributed by atoms with Crippen molar-refractivity contribution in [3.63, 3.8) is 0 Å². The van der Waals surface area contributed by atoms with Crippen LogP contribution >= 0.6 is 0 Å². The first-order chi connectivity index (χ1) is 18.8. The lowest BCUT2D eigenvalue weighted by Gasteiger charge is -2.49. The zero-order chi connectivity index (χ0) is 27.0. The van der Waals surface area contributed by atoms with Gasteiger partial charge in [0.15, 0.2) is 0 Å². The van der Waals surface area contributed by atoms with Crippen LogP contribution in [0.2, 0.25) is 0 Å². The molecule has 2 aromatic carbocycles. The molecular formula is C28H28N6O5. The van der Waals surface area contributed by atoms with E-state index < -0.39 is 29.7 Å². The largest absolute Gasteiger partial charge is 0.399 e. The highest BCUT2D eigenvalue weighted by molar-refractivity contribution is 6.23. The number of hydrogen-bond donors (Lipinski definition) is 2. The highest BCUT2D eigenvalue weighted by atomic mass is 16.2. The van der Waals surface area contributed by atoms with Crippen LogP contribution in [0.4, 0.5) is 11.4 Å². The minimum atomic E-state index is -0.969. The van der Waals surface area contributed by atoms with Crippen molar-refractivity contribution in [1.82, 2.24) is 20.0 Å². The van der Waals surface area contributed by atoms with Crippen LogP contribution in [0.15, 0.2) is 42.5 Å². The molecule has 0 spiro atoms. The minimum Gasteiger partial charge on any atom is -0.399 e. The number of nitrogens with two attached hydrogens (primary N) is 1. The number of benzene rings is 2. The number of fused-ring (bicyclic) bond motifs is 3. The van der Waals surface area contributed by atoms with Crippen LogP contribution in [0.5, 0.6) is 0 Å². The number of nitrogens with one attached hydrogen (secondary N) is 1. The van der Waals surface area contributed by atoms with Crippen molar-refractivity contribution < 1.29 is 24.0 Å². The summed E-state index contributed by atoms with van der Waals surface area (Å²) in [6, 6.07) is 12.2. The van der Waals surface area contributed by atoms with Crippen LogP contribution in [0.1, 0.15) is 50.3 Å². The number of likely N-dealkylation sites (tertiary alicyclic amines) is 2. The second-order valence-electron chi connectivity index (χ2n) is 11.1. The Kier molecular flexibility index (Phi) is 5.28. The fraction of sp³-hybridized carbons (Fsp3) is 0.393. The van der Waals surface area contributed by atoms with Crippen molar-refractivity contribution in [3.05, 3.63) is 59.2 Å². The smallest absolute Gasteiger partial charge is 0.262 e. The Morgan fingerprint density at radius 3 is 2.28 bits per heavy atom. The third-order valence-electron chi connectivity index (χ3n) is 8.82. The van der Waals surface area contributed by atoms with E-state index in [1.54, 1.807) is 36.4 Å². The van der Waals surface area contributed by atoms with Crippen molar-refractivity contribution in [2.75, 3.05) is 36.8 Å². The van der Waals surface area contributed by atoms with Gasteiger partial charge in [0.2, 0.25) is 11.8 Å². The third kappa shape index (κ3) is 3.71. The van der Waals surface area contributed by atoms with Crippen molar-refractivity contribution in [3.8, 4) is 0 Å². The monoisotopic (exact) mass is 528 g/mol. The number of piperazine rings is 1. The molecule has 11 nitrogen and oxygen atoms in total. The van der Waals surface area contributed by atoms with Crippen LogP contribution < -0.4 is 16.0 Å². The molecule has 0 aliphatic carbocycles. The van der Waals surface area contributed by atoms with Gasteiger partial charge in [-0.3, -0.25) is 39.1 Å². The van der Waals surface area contributed by atoms with Crippen LogP contribution in [0.25, 0.3) is 0 Å². The Morgan fingerprint density at radius 1 is 0.846 bits per heavy atom. The molecule has 5 aliphatic rings. The van der Waals surface area contributed by atoms with Gasteiger partial charge in [0.25, 0.3) is 17.7 Å². The first-order valence-corrected chi connectivity index (χ1v) is 13.3. The maximum Gasteiger partial charge on any atom is 0.262 e. The van der Waals surface area contributed by atoms with Gasteiger partial charge < -0.3 is 15.5 Å². The van der Waals surface area contributed by atoms with E-state index >= 15 is 0 Å².